The summed E-state index contributed by atoms with van der Waals surface area (Å²) in [5.41, 5.74) is 0. The predicted molar refractivity (Wildman–Crippen MR) is 99.3 cm³/mol. The van der Waals surface area contributed by atoms with Gasteiger partial charge in [0, 0.05) is 19.1 Å². The van der Waals surface area contributed by atoms with Crippen molar-refractivity contribution in [1.29, 1.82) is 0 Å². The van der Waals surface area contributed by atoms with E-state index in [4.69, 9.17) is 11.6 Å². The van der Waals surface area contributed by atoms with Crippen LogP contribution < -0.4 is 5.32 Å². The molecule has 0 aromatic heterocycles. The number of halogens is 1. The Hall–Kier alpha value is -1.15. The van der Waals surface area contributed by atoms with Crippen molar-refractivity contribution in [2.45, 2.75) is 55.6 Å². The van der Waals surface area contributed by atoms with E-state index in [1.54, 1.807) is 18.2 Å². The van der Waals surface area contributed by atoms with Crippen molar-refractivity contribution < 1.29 is 18.3 Å². The summed E-state index contributed by atoms with van der Waals surface area (Å²) in [7, 11) is -3.71. The van der Waals surface area contributed by atoms with Crippen LogP contribution in [-0.2, 0) is 14.8 Å². The fraction of sp³-hybridized carbons (Fsp3) is 0.611. The number of piperidine rings is 1. The summed E-state index contributed by atoms with van der Waals surface area (Å²) >= 11 is 6.06. The van der Waals surface area contributed by atoms with Crippen molar-refractivity contribution in [1.82, 2.24) is 9.62 Å². The third-order valence-corrected chi connectivity index (χ3v) is 7.62. The summed E-state index contributed by atoms with van der Waals surface area (Å²) in [5.74, 6) is -0.446. The van der Waals surface area contributed by atoms with Gasteiger partial charge in [0.2, 0.25) is 15.9 Å². The van der Waals surface area contributed by atoms with E-state index in [0.717, 1.165) is 12.8 Å². The van der Waals surface area contributed by atoms with Gasteiger partial charge in [0.15, 0.2) is 0 Å². The highest BCUT2D eigenvalue weighted by atomic mass is 35.5. The highest BCUT2D eigenvalue weighted by molar-refractivity contribution is 7.89. The lowest BCUT2D eigenvalue weighted by Crippen LogP contribution is -2.48. The molecule has 26 heavy (non-hydrogen) atoms. The second-order valence-corrected chi connectivity index (χ2v) is 9.46. The first-order valence-corrected chi connectivity index (χ1v) is 10.9. The predicted octanol–water partition coefficient (Wildman–Crippen LogP) is 2.16. The minimum absolute atomic E-state index is 0.0708. The van der Waals surface area contributed by atoms with Crippen LogP contribution in [0.3, 0.4) is 0 Å². The molecule has 1 saturated heterocycles. The van der Waals surface area contributed by atoms with Crippen molar-refractivity contribution in [3.63, 3.8) is 0 Å². The first-order valence-electron chi connectivity index (χ1n) is 9.11. The quantitative estimate of drug-likeness (QED) is 0.810. The van der Waals surface area contributed by atoms with Crippen LogP contribution in [0, 0.1) is 5.92 Å². The largest absolute Gasteiger partial charge is 0.393 e. The van der Waals surface area contributed by atoms with Gasteiger partial charge in [-0.05, 0) is 50.7 Å². The molecular formula is C18H25ClN2O4S. The molecule has 1 atom stereocenters. The fourth-order valence-corrected chi connectivity index (χ4v) is 5.72. The maximum atomic E-state index is 12.9. The number of hydrogen-bond donors (Lipinski definition) is 2. The summed E-state index contributed by atoms with van der Waals surface area (Å²) in [6, 6.07) is 6.45. The molecule has 3 rings (SSSR count). The fourth-order valence-electron chi connectivity index (χ4n) is 3.71. The zero-order chi connectivity index (χ0) is 18.7. The number of aliphatic hydroxyl groups excluding tert-OH is 1. The molecule has 1 aliphatic carbocycles. The number of benzene rings is 1. The first-order chi connectivity index (χ1) is 12.4. The average molecular weight is 401 g/mol. The van der Waals surface area contributed by atoms with Gasteiger partial charge in [-0.1, -0.05) is 23.7 Å². The second kappa shape index (κ2) is 8.25. The molecule has 0 bridgehead atoms. The molecule has 144 valence electrons. The molecule has 1 aromatic rings. The topological polar surface area (TPSA) is 86.7 Å². The van der Waals surface area contributed by atoms with Crippen LogP contribution in [-0.4, -0.2) is 49.0 Å². The number of rotatable bonds is 4. The van der Waals surface area contributed by atoms with Crippen molar-refractivity contribution in [2.75, 3.05) is 13.1 Å². The Morgan fingerprint density at radius 3 is 2.54 bits per heavy atom. The lowest BCUT2D eigenvalue weighted by Gasteiger charge is -2.33. The zero-order valence-electron chi connectivity index (χ0n) is 14.6. The van der Waals surface area contributed by atoms with Crippen molar-refractivity contribution >= 4 is 27.5 Å². The maximum Gasteiger partial charge on any atom is 0.244 e. The number of amides is 1. The Morgan fingerprint density at radius 1 is 1.15 bits per heavy atom. The van der Waals surface area contributed by atoms with E-state index in [-0.39, 0.29) is 40.4 Å². The number of nitrogens with zero attached hydrogens (tertiary/aromatic N) is 1. The van der Waals surface area contributed by atoms with Gasteiger partial charge < -0.3 is 10.4 Å². The van der Waals surface area contributed by atoms with E-state index in [1.165, 1.54) is 10.4 Å². The zero-order valence-corrected chi connectivity index (χ0v) is 16.2. The standard InChI is InChI=1S/C18H25ClN2O4S/c19-16-5-1-2-6-17(16)26(24,25)21-11-3-4-13(12-21)18(23)20-14-7-9-15(22)10-8-14/h1-2,5-6,13-15,22H,3-4,7-12H2,(H,20,23)/t13-,14-,15+/m0/s1. The number of sulfonamides is 1. The average Bonchev–Trinajstić information content (AvgIpc) is 2.64. The van der Waals surface area contributed by atoms with Crippen LogP contribution in [0.25, 0.3) is 0 Å². The van der Waals surface area contributed by atoms with Crippen molar-refractivity contribution in [3.05, 3.63) is 29.3 Å². The van der Waals surface area contributed by atoms with Gasteiger partial charge in [0.05, 0.1) is 17.0 Å². The van der Waals surface area contributed by atoms with Gasteiger partial charge in [-0.25, -0.2) is 8.42 Å². The normalized spacial score (nSPS) is 27.8. The van der Waals surface area contributed by atoms with E-state index in [9.17, 15) is 18.3 Å². The summed E-state index contributed by atoms with van der Waals surface area (Å²) in [4.78, 5) is 12.7. The Morgan fingerprint density at radius 2 is 1.85 bits per heavy atom. The highest BCUT2D eigenvalue weighted by Crippen LogP contribution is 2.28. The van der Waals surface area contributed by atoms with E-state index in [2.05, 4.69) is 5.32 Å². The molecule has 6 nitrogen and oxygen atoms in total. The van der Waals surface area contributed by atoms with Crippen LogP contribution in [0.15, 0.2) is 29.2 Å². The second-order valence-electron chi connectivity index (χ2n) is 7.15. The van der Waals surface area contributed by atoms with E-state index in [0.29, 0.717) is 32.2 Å². The molecule has 0 unspecified atom stereocenters. The lowest BCUT2D eigenvalue weighted by molar-refractivity contribution is -0.127. The molecule has 1 saturated carbocycles. The Labute approximate surface area is 159 Å². The van der Waals surface area contributed by atoms with Gasteiger partial charge in [-0.3, -0.25) is 4.79 Å². The molecule has 0 radical (unpaired) electrons. The molecular weight excluding hydrogens is 376 g/mol. The SMILES string of the molecule is O=C(N[C@H]1CC[C@@H](O)CC1)[C@H]1CCCN(S(=O)(=O)c2ccccc2Cl)C1. The lowest BCUT2D eigenvalue weighted by atomic mass is 9.92. The smallest absolute Gasteiger partial charge is 0.244 e. The molecule has 0 spiro atoms. The number of hydrogen-bond acceptors (Lipinski definition) is 4. The molecule has 1 heterocycles. The van der Waals surface area contributed by atoms with Crippen molar-refractivity contribution in [3.8, 4) is 0 Å². The monoisotopic (exact) mass is 400 g/mol. The Balaban J connectivity index is 1.65. The van der Waals surface area contributed by atoms with E-state index >= 15 is 0 Å². The summed E-state index contributed by atoms with van der Waals surface area (Å²) in [6.45, 7) is 0.571. The van der Waals surface area contributed by atoms with Gasteiger partial charge in [-0.15, -0.1) is 0 Å². The first kappa shape index (κ1) is 19.6. The summed E-state index contributed by atoms with van der Waals surface area (Å²) in [5, 5.41) is 12.8. The summed E-state index contributed by atoms with van der Waals surface area (Å²) in [6.07, 6.45) is 3.98. The van der Waals surface area contributed by atoms with Gasteiger partial charge in [0.25, 0.3) is 0 Å². The minimum Gasteiger partial charge on any atom is -0.393 e. The molecule has 2 fully saturated rings. The van der Waals surface area contributed by atoms with E-state index < -0.39 is 10.0 Å². The number of carbonyl (C=O) groups excluding carboxylic acids is 1. The number of nitrogens with one attached hydrogen (secondary N) is 1. The molecule has 1 amide bonds. The van der Waals surface area contributed by atoms with Crippen LogP contribution in [0.5, 0.6) is 0 Å². The third kappa shape index (κ3) is 4.39. The van der Waals surface area contributed by atoms with Gasteiger partial charge in [0.1, 0.15) is 4.90 Å². The Kier molecular flexibility index (Phi) is 6.22. The number of aliphatic hydroxyl groups is 1. The van der Waals surface area contributed by atoms with Crippen LogP contribution >= 0.6 is 11.6 Å². The highest BCUT2D eigenvalue weighted by Gasteiger charge is 2.35. The molecule has 1 aliphatic heterocycles. The van der Waals surface area contributed by atoms with E-state index in [1.807, 2.05) is 0 Å². The molecule has 1 aromatic carbocycles. The van der Waals surface area contributed by atoms with Crippen LogP contribution in [0.2, 0.25) is 5.02 Å². The van der Waals surface area contributed by atoms with Crippen LogP contribution in [0.4, 0.5) is 0 Å². The van der Waals surface area contributed by atoms with Gasteiger partial charge in [-0.2, -0.15) is 4.31 Å². The molecule has 2 aliphatic rings. The maximum absolute atomic E-state index is 12.9. The summed E-state index contributed by atoms with van der Waals surface area (Å²) < 4.78 is 27.1. The number of carbonyl (C=O) groups is 1. The molecule has 2 N–H and O–H groups in total. The third-order valence-electron chi connectivity index (χ3n) is 5.25. The minimum atomic E-state index is -3.71. The van der Waals surface area contributed by atoms with Crippen LogP contribution in [0.1, 0.15) is 38.5 Å². The van der Waals surface area contributed by atoms with Crippen molar-refractivity contribution in [2.24, 2.45) is 5.92 Å². The van der Waals surface area contributed by atoms with Gasteiger partial charge >= 0.3 is 0 Å². The Bertz CT molecular complexity index is 747. The molecule has 8 heteroatoms.